The SMILES string of the molecule is CC1CCCN(C(=O)NC2C=CC(C(=O)O)C2)CC1. The van der Waals surface area contributed by atoms with Crippen LogP contribution in [0.15, 0.2) is 12.2 Å². The Hall–Kier alpha value is -1.52. The fraction of sp³-hybridized carbons (Fsp3) is 0.714. The van der Waals surface area contributed by atoms with Crippen molar-refractivity contribution in [3.05, 3.63) is 12.2 Å². The first kappa shape index (κ1) is 13.9. The zero-order valence-electron chi connectivity index (χ0n) is 11.3. The maximum atomic E-state index is 12.1. The predicted octanol–water partition coefficient (Wildman–Crippen LogP) is 1.85. The lowest BCUT2D eigenvalue weighted by atomic mass is 10.0. The third kappa shape index (κ3) is 3.72. The van der Waals surface area contributed by atoms with Crippen LogP contribution in [0.5, 0.6) is 0 Å². The molecule has 0 aromatic heterocycles. The molecule has 1 fully saturated rings. The molecule has 1 aliphatic heterocycles. The summed E-state index contributed by atoms with van der Waals surface area (Å²) in [6.45, 7) is 3.82. The van der Waals surface area contributed by atoms with Gasteiger partial charge in [0.2, 0.25) is 0 Å². The number of carboxylic acids is 1. The van der Waals surface area contributed by atoms with E-state index in [2.05, 4.69) is 12.2 Å². The van der Waals surface area contributed by atoms with Crippen molar-refractivity contribution in [1.29, 1.82) is 0 Å². The first-order chi connectivity index (χ1) is 9.06. The van der Waals surface area contributed by atoms with Gasteiger partial charge in [0.25, 0.3) is 0 Å². The van der Waals surface area contributed by atoms with E-state index >= 15 is 0 Å². The number of amides is 2. The van der Waals surface area contributed by atoms with E-state index in [1.54, 1.807) is 12.2 Å². The smallest absolute Gasteiger partial charge is 0.317 e. The number of carbonyl (C=O) groups is 2. The van der Waals surface area contributed by atoms with Crippen LogP contribution in [-0.4, -0.2) is 41.1 Å². The number of hydrogen-bond donors (Lipinski definition) is 2. The first-order valence-electron chi connectivity index (χ1n) is 7.03. The normalized spacial score (nSPS) is 31.0. The third-order valence-electron chi connectivity index (χ3n) is 4.01. The Morgan fingerprint density at radius 3 is 2.74 bits per heavy atom. The molecule has 2 aliphatic rings. The number of carbonyl (C=O) groups excluding carboxylic acids is 1. The van der Waals surface area contributed by atoms with E-state index in [0.29, 0.717) is 12.3 Å². The molecule has 2 rings (SSSR count). The highest BCUT2D eigenvalue weighted by Gasteiger charge is 2.27. The molecule has 19 heavy (non-hydrogen) atoms. The molecule has 0 radical (unpaired) electrons. The average molecular weight is 266 g/mol. The summed E-state index contributed by atoms with van der Waals surface area (Å²) in [5, 5.41) is 11.8. The maximum absolute atomic E-state index is 12.1. The van der Waals surface area contributed by atoms with Gasteiger partial charge in [0, 0.05) is 13.1 Å². The second kappa shape index (κ2) is 6.08. The molecule has 0 bridgehead atoms. The van der Waals surface area contributed by atoms with E-state index in [1.165, 1.54) is 6.42 Å². The summed E-state index contributed by atoms with van der Waals surface area (Å²) in [6, 6.07) is -0.205. The maximum Gasteiger partial charge on any atom is 0.317 e. The Bertz CT molecular complexity index is 381. The van der Waals surface area contributed by atoms with Crippen molar-refractivity contribution in [2.24, 2.45) is 11.8 Å². The highest BCUT2D eigenvalue weighted by atomic mass is 16.4. The van der Waals surface area contributed by atoms with E-state index in [4.69, 9.17) is 5.11 Å². The molecule has 0 saturated carbocycles. The zero-order chi connectivity index (χ0) is 13.8. The van der Waals surface area contributed by atoms with Crippen molar-refractivity contribution in [1.82, 2.24) is 10.2 Å². The molecule has 1 aliphatic carbocycles. The minimum atomic E-state index is -0.823. The Balaban J connectivity index is 1.81. The highest BCUT2D eigenvalue weighted by molar-refractivity contribution is 5.76. The van der Waals surface area contributed by atoms with Crippen LogP contribution < -0.4 is 5.32 Å². The summed E-state index contributed by atoms with van der Waals surface area (Å²) in [4.78, 5) is 24.8. The summed E-state index contributed by atoms with van der Waals surface area (Å²) in [5.74, 6) is -0.605. The number of urea groups is 1. The lowest BCUT2D eigenvalue weighted by Gasteiger charge is -2.23. The van der Waals surface area contributed by atoms with Gasteiger partial charge in [-0.05, 0) is 31.6 Å². The van der Waals surface area contributed by atoms with Crippen molar-refractivity contribution in [3.8, 4) is 0 Å². The zero-order valence-corrected chi connectivity index (χ0v) is 11.3. The Morgan fingerprint density at radius 2 is 2.05 bits per heavy atom. The summed E-state index contributed by atoms with van der Waals surface area (Å²) in [6.07, 6.45) is 7.19. The van der Waals surface area contributed by atoms with Crippen molar-refractivity contribution in [2.45, 2.75) is 38.6 Å². The molecule has 1 saturated heterocycles. The van der Waals surface area contributed by atoms with Crippen LogP contribution in [0.25, 0.3) is 0 Å². The van der Waals surface area contributed by atoms with E-state index in [-0.39, 0.29) is 12.1 Å². The minimum absolute atomic E-state index is 0.0604. The molecule has 2 amide bonds. The largest absolute Gasteiger partial charge is 0.481 e. The Labute approximate surface area is 113 Å². The molecular weight excluding hydrogens is 244 g/mol. The van der Waals surface area contributed by atoms with E-state index in [0.717, 1.165) is 25.9 Å². The van der Waals surface area contributed by atoms with Gasteiger partial charge in [-0.15, -0.1) is 0 Å². The summed E-state index contributed by atoms with van der Waals surface area (Å²) >= 11 is 0. The Morgan fingerprint density at radius 1 is 1.26 bits per heavy atom. The van der Waals surface area contributed by atoms with Gasteiger partial charge in [-0.3, -0.25) is 4.79 Å². The standard InChI is InChI=1S/C14H22N2O3/c1-10-3-2-7-16(8-6-10)14(19)15-12-5-4-11(9-12)13(17)18/h4-5,10-12H,2-3,6-9H2,1H3,(H,15,19)(H,17,18). The number of likely N-dealkylation sites (tertiary alicyclic amines) is 1. The van der Waals surface area contributed by atoms with Crippen LogP contribution in [0.3, 0.4) is 0 Å². The van der Waals surface area contributed by atoms with Crippen LogP contribution in [0.2, 0.25) is 0 Å². The Kier molecular flexibility index (Phi) is 4.45. The van der Waals surface area contributed by atoms with E-state index in [9.17, 15) is 9.59 Å². The predicted molar refractivity (Wildman–Crippen MR) is 71.8 cm³/mol. The number of nitrogens with one attached hydrogen (secondary N) is 1. The van der Waals surface area contributed by atoms with Gasteiger partial charge < -0.3 is 15.3 Å². The molecule has 1 heterocycles. The quantitative estimate of drug-likeness (QED) is 0.749. The lowest BCUT2D eigenvalue weighted by molar-refractivity contribution is -0.140. The highest BCUT2D eigenvalue weighted by Crippen LogP contribution is 2.19. The summed E-state index contributed by atoms with van der Waals surface area (Å²) in [7, 11) is 0. The number of carboxylic acid groups (broad SMARTS) is 1. The van der Waals surface area contributed by atoms with Gasteiger partial charge in [-0.25, -0.2) is 4.79 Å². The van der Waals surface area contributed by atoms with Crippen molar-refractivity contribution >= 4 is 12.0 Å². The summed E-state index contributed by atoms with van der Waals surface area (Å²) in [5.41, 5.74) is 0. The average Bonchev–Trinajstić information content (AvgIpc) is 2.71. The minimum Gasteiger partial charge on any atom is -0.481 e. The topological polar surface area (TPSA) is 69.6 Å². The van der Waals surface area contributed by atoms with Crippen LogP contribution >= 0.6 is 0 Å². The van der Waals surface area contributed by atoms with Crippen LogP contribution in [0.4, 0.5) is 4.79 Å². The molecule has 5 nitrogen and oxygen atoms in total. The number of hydrogen-bond acceptors (Lipinski definition) is 2. The number of rotatable bonds is 2. The molecule has 3 unspecified atom stereocenters. The first-order valence-corrected chi connectivity index (χ1v) is 7.03. The van der Waals surface area contributed by atoms with E-state index < -0.39 is 11.9 Å². The van der Waals surface area contributed by atoms with Gasteiger partial charge in [0.05, 0.1) is 12.0 Å². The molecule has 5 heteroatoms. The molecule has 0 spiro atoms. The fourth-order valence-electron chi connectivity index (χ4n) is 2.71. The van der Waals surface area contributed by atoms with Gasteiger partial charge >= 0.3 is 12.0 Å². The third-order valence-corrected chi connectivity index (χ3v) is 4.01. The van der Waals surface area contributed by atoms with Crippen LogP contribution in [0, 0.1) is 11.8 Å². The summed E-state index contributed by atoms with van der Waals surface area (Å²) < 4.78 is 0. The number of aliphatic carboxylic acids is 1. The lowest BCUT2D eigenvalue weighted by Crippen LogP contribution is -2.44. The number of nitrogens with zero attached hydrogens (tertiary/aromatic N) is 1. The second-order valence-electron chi connectivity index (χ2n) is 5.64. The van der Waals surface area contributed by atoms with Gasteiger partial charge in [-0.1, -0.05) is 19.1 Å². The van der Waals surface area contributed by atoms with Crippen molar-refractivity contribution in [3.63, 3.8) is 0 Å². The molecule has 2 N–H and O–H groups in total. The molecule has 106 valence electrons. The van der Waals surface area contributed by atoms with Gasteiger partial charge in [0.15, 0.2) is 0 Å². The van der Waals surface area contributed by atoms with Gasteiger partial charge in [-0.2, -0.15) is 0 Å². The van der Waals surface area contributed by atoms with Gasteiger partial charge in [0.1, 0.15) is 0 Å². The van der Waals surface area contributed by atoms with E-state index in [1.807, 2.05) is 4.90 Å². The molecule has 0 aromatic rings. The van der Waals surface area contributed by atoms with Crippen LogP contribution in [0.1, 0.15) is 32.6 Å². The monoisotopic (exact) mass is 266 g/mol. The molecular formula is C14H22N2O3. The molecule has 3 atom stereocenters. The van der Waals surface area contributed by atoms with Crippen LogP contribution in [-0.2, 0) is 4.79 Å². The second-order valence-corrected chi connectivity index (χ2v) is 5.64. The fourth-order valence-corrected chi connectivity index (χ4v) is 2.71. The molecule has 0 aromatic carbocycles. The van der Waals surface area contributed by atoms with Crippen molar-refractivity contribution in [2.75, 3.05) is 13.1 Å². The van der Waals surface area contributed by atoms with Crippen molar-refractivity contribution < 1.29 is 14.7 Å².